The minimum atomic E-state index is -0.639. The van der Waals surface area contributed by atoms with E-state index >= 15 is 0 Å². The number of ether oxygens (including phenoxy) is 4. The number of nitro benzene ring substituents is 2. The second-order valence-corrected chi connectivity index (χ2v) is 7.13. The van der Waals surface area contributed by atoms with E-state index in [4.69, 9.17) is 18.9 Å². The lowest BCUT2D eigenvalue weighted by molar-refractivity contribution is -0.385. The smallest absolute Gasteiger partial charge is 0.282 e. The molecule has 4 rings (SSSR count). The van der Waals surface area contributed by atoms with Gasteiger partial charge in [0.15, 0.2) is 23.0 Å². The van der Waals surface area contributed by atoms with Crippen LogP contribution in [0.25, 0.3) is 0 Å². The average molecular weight is 500 g/mol. The van der Waals surface area contributed by atoms with Gasteiger partial charge in [0.1, 0.15) is 0 Å². The van der Waals surface area contributed by atoms with E-state index in [1.54, 1.807) is 0 Å². The number of hydrazone groups is 2. The van der Waals surface area contributed by atoms with Gasteiger partial charge in [-0.05, 0) is 12.1 Å². The normalized spacial score (nSPS) is 13.2. The molecule has 186 valence electrons. The van der Waals surface area contributed by atoms with Crippen LogP contribution in [0.5, 0.6) is 23.0 Å². The molecule has 0 fully saturated rings. The van der Waals surface area contributed by atoms with Gasteiger partial charge < -0.3 is 18.9 Å². The summed E-state index contributed by atoms with van der Waals surface area (Å²) >= 11 is 0. The third-order valence-corrected chi connectivity index (χ3v) is 4.80. The Hall–Kier alpha value is -5.28. The van der Waals surface area contributed by atoms with Gasteiger partial charge in [-0.15, -0.1) is 0 Å². The van der Waals surface area contributed by atoms with E-state index < -0.39 is 21.7 Å². The Morgan fingerprint density at radius 2 is 1.11 bits per heavy atom. The number of nitrogens with one attached hydrogen (secondary N) is 2. The molecule has 2 aliphatic rings. The largest absolute Gasteiger partial charge is 0.454 e. The number of amides is 2. The van der Waals surface area contributed by atoms with Crippen LogP contribution in [0, 0.1) is 20.2 Å². The van der Waals surface area contributed by atoms with Gasteiger partial charge in [0.25, 0.3) is 11.4 Å². The highest BCUT2D eigenvalue weighted by atomic mass is 16.7. The molecule has 2 aliphatic heterocycles. The molecule has 2 heterocycles. The summed E-state index contributed by atoms with van der Waals surface area (Å²) in [6, 6.07) is 5.08. The molecule has 0 bridgehead atoms. The summed E-state index contributed by atoms with van der Waals surface area (Å²) in [5.74, 6) is -0.219. The lowest BCUT2D eigenvalue weighted by atomic mass is 10.1. The van der Waals surface area contributed by atoms with E-state index in [9.17, 15) is 29.8 Å². The second kappa shape index (κ2) is 10.3. The van der Waals surface area contributed by atoms with Gasteiger partial charge in [-0.3, -0.25) is 29.8 Å². The first kappa shape index (κ1) is 23.9. The van der Waals surface area contributed by atoms with Crippen LogP contribution in [0.15, 0.2) is 34.5 Å². The Labute approximate surface area is 200 Å². The van der Waals surface area contributed by atoms with Crippen LogP contribution in [-0.2, 0) is 9.59 Å². The summed E-state index contributed by atoms with van der Waals surface area (Å²) in [6.45, 7) is -0.132. The predicted octanol–water partition coefficient (Wildman–Crippen LogP) is 1.34. The van der Waals surface area contributed by atoms with Gasteiger partial charge in [0, 0.05) is 12.8 Å². The zero-order chi connectivity index (χ0) is 25.7. The molecule has 2 aromatic rings. The van der Waals surface area contributed by atoms with Crippen molar-refractivity contribution in [1.82, 2.24) is 10.9 Å². The Bertz CT molecular complexity index is 1210. The van der Waals surface area contributed by atoms with Crippen LogP contribution in [0.3, 0.4) is 0 Å². The molecule has 16 nitrogen and oxygen atoms in total. The van der Waals surface area contributed by atoms with Crippen molar-refractivity contribution in [2.24, 2.45) is 10.2 Å². The second-order valence-electron chi connectivity index (χ2n) is 7.13. The van der Waals surface area contributed by atoms with Crippen molar-refractivity contribution in [1.29, 1.82) is 0 Å². The van der Waals surface area contributed by atoms with Gasteiger partial charge in [-0.2, -0.15) is 10.2 Å². The lowest BCUT2D eigenvalue weighted by Gasteiger charge is -2.02. The molecule has 0 saturated heterocycles. The van der Waals surface area contributed by atoms with Crippen LogP contribution in [0.2, 0.25) is 0 Å². The van der Waals surface area contributed by atoms with E-state index in [1.165, 1.54) is 24.3 Å². The number of fused-ring (bicyclic) bond motifs is 2. The summed E-state index contributed by atoms with van der Waals surface area (Å²) in [4.78, 5) is 45.1. The Morgan fingerprint density at radius 3 is 1.47 bits per heavy atom. The minimum Gasteiger partial charge on any atom is -0.454 e. The first-order valence-electron chi connectivity index (χ1n) is 10.1. The third kappa shape index (κ3) is 5.44. The van der Waals surface area contributed by atoms with Crippen molar-refractivity contribution in [3.8, 4) is 23.0 Å². The number of nitrogens with zero attached hydrogens (tertiary/aromatic N) is 4. The number of hydrogen-bond donors (Lipinski definition) is 2. The first-order valence-corrected chi connectivity index (χ1v) is 10.1. The number of benzene rings is 2. The molecule has 0 spiro atoms. The molecule has 0 saturated carbocycles. The molecule has 0 unspecified atom stereocenters. The van der Waals surface area contributed by atoms with E-state index in [2.05, 4.69) is 21.1 Å². The molecule has 0 aliphatic carbocycles. The standard InChI is InChI=1S/C20H16N6O10/c27-19(23-21-7-11-3-15-17(35-9-33-15)5-13(11)25(29)30)1-2-20(28)24-22-8-12-4-16-18(36-10-34-16)6-14(12)26(31)32/h3-8H,1-2,9-10H2,(H,23,27)(H,24,28). The molecule has 36 heavy (non-hydrogen) atoms. The molecule has 0 radical (unpaired) electrons. The number of carbonyl (C=O) groups excluding carboxylic acids is 2. The maximum absolute atomic E-state index is 11.9. The summed E-state index contributed by atoms with van der Waals surface area (Å²) in [7, 11) is 0. The zero-order valence-corrected chi connectivity index (χ0v) is 18.2. The van der Waals surface area contributed by atoms with Crippen LogP contribution in [0.1, 0.15) is 24.0 Å². The SMILES string of the molecule is O=C(CCC(=O)NN=Cc1cc2c(cc1[N+](=O)[O-])OCO2)NN=Cc1cc2c(cc1[N+](=O)[O-])OCO2. The molecule has 2 amide bonds. The van der Waals surface area contributed by atoms with E-state index in [0.717, 1.165) is 12.4 Å². The zero-order valence-electron chi connectivity index (χ0n) is 18.2. The fourth-order valence-corrected chi connectivity index (χ4v) is 3.10. The van der Waals surface area contributed by atoms with Crippen molar-refractivity contribution in [3.63, 3.8) is 0 Å². The van der Waals surface area contributed by atoms with Gasteiger partial charge in [-0.1, -0.05) is 0 Å². The topological polar surface area (TPSA) is 206 Å². The lowest BCUT2D eigenvalue weighted by Crippen LogP contribution is -2.23. The molecule has 2 N–H and O–H groups in total. The van der Waals surface area contributed by atoms with Crippen molar-refractivity contribution in [3.05, 3.63) is 55.6 Å². The van der Waals surface area contributed by atoms with Crippen LogP contribution in [0.4, 0.5) is 11.4 Å². The number of hydrogen-bond acceptors (Lipinski definition) is 12. The van der Waals surface area contributed by atoms with Crippen LogP contribution >= 0.6 is 0 Å². The monoisotopic (exact) mass is 500 g/mol. The summed E-state index contributed by atoms with van der Waals surface area (Å²) in [6.07, 6.45) is 1.60. The van der Waals surface area contributed by atoms with E-state index in [0.29, 0.717) is 11.5 Å². The van der Waals surface area contributed by atoms with Crippen molar-refractivity contribution >= 4 is 35.6 Å². The number of rotatable bonds is 9. The summed E-state index contributed by atoms with van der Waals surface area (Å²) < 4.78 is 20.5. The van der Waals surface area contributed by atoms with Crippen LogP contribution < -0.4 is 29.8 Å². The maximum Gasteiger partial charge on any atom is 0.282 e. The van der Waals surface area contributed by atoms with Gasteiger partial charge in [-0.25, -0.2) is 10.9 Å². The van der Waals surface area contributed by atoms with E-state index in [1.807, 2.05) is 0 Å². The van der Waals surface area contributed by atoms with Crippen LogP contribution in [-0.4, -0.2) is 47.7 Å². The Morgan fingerprint density at radius 1 is 0.750 bits per heavy atom. The van der Waals surface area contributed by atoms with Crippen molar-refractivity contribution < 1.29 is 38.4 Å². The van der Waals surface area contributed by atoms with Gasteiger partial charge in [0.2, 0.25) is 25.4 Å². The average Bonchev–Trinajstić information content (AvgIpc) is 3.50. The molecular weight excluding hydrogens is 484 g/mol. The third-order valence-electron chi connectivity index (χ3n) is 4.80. The molecule has 0 atom stereocenters. The van der Waals surface area contributed by atoms with Gasteiger partial charge in [0.05, 0.1) is 45.5 Å². The Kier molecular flexibility index (Phi) is 6.85. The predicted molar refractivity (Wildman–Crippen MR) is 119 cm³/mol. The van der Waals surface area contributed by atoms with Crippen molar-refractivity contribution in [2.75, 3.05) is 13.6 Å². The summed E-state index contributed by atoms with van der Waals surface area (Å²) in [5, 5.41) is 29.8. The highest BCUT2D eigenvalue weighted by Crippen LogP contribution is 2.38. The molecule has 0 aromatic heterocycles. The highest BCUT2D eigenvalue weighted by Gasteiger charge is 2.23. The van der Waals surface area contributed by atoms with E-state index in [-0.39, 0.29) is 60.4 Å². The first-order chi connectivity index (χ1) is 17.3. The Balaban J connectivity index is 1.27. The quantitative estimate of drug-likeness (QED) is 0.287. The molecule has 2 aromatic carbocycles. The van der Waals surface area contributed by atoms with Crippen molar-refractivity contribution in [2.45, 2.75) is 12.8 Å². The number of nitro groups is 2. The number of carbonyl (C=O) groups is 2. The summed E-state index contributed by atoms with van der Waals surface area (Å²) in [5.41, 5.74) is 3.89. The minimum absolute atomic E-state index is 0.0660. The fraction of sp³-hybridized carbons (Fsp3) is 0.200. The fourth-order valence-electron chi connectivity index (χ4n) is 3.10. The van der Waals surface area contributed by atoms with Gasteiger partial charge >= 0.3 is 0 Å². The maximum atomic E-state index is 11.9. The molecule has 16 heteroatoms. The highest BCUT2D eigenvalue weighted by molar-refractivity contribution is 5.90. The molecular formula is C20H16N6O10.